The second-order valence-electron chi connectivity index (χ2n) is 11.3. The average Bonchev–Trinajstić information content (AvgIpc) is 3.26. The number of nitrogens with two attached hydrogens (primary N) is 1. The lowest BCUT2D eigenvalue weighted by Crippen LogP contribution is -2.71. The van der Waals surface area contributed by atoms with Crippen molar-refractivity contribution in [2.75, 3.05) is 18.9 Å². The van der Waals surface area contributed by atoms with Crippen molar-refractivity contribution >= 4 is 56.2 Å². The Bertz CT molecular complexity index is 1310. The molecule has 1 aromatic rings. The third-order valence-corrected chi connectivity index (χ3v) is 7.58. The van der Waals surface area contributed by atoms with E-state index in [-0.39, 0.29) is 17.4 Å². The minimum atomic E-state index is -4.60. The number of thiazole rings is 1. The number of nitrogens with zero attached hydrogens (tertiary/aromatic N) is 3. The van der Waals surface area contributed by atoms with Crippen LogP contribution in [0, 0.1) is 5.41 Å². The maximum atomic E-state index is 13.2. The summed E-state index contributed by atoms with van der Waals surface area (Å²) in [6.07, 6.45) is 0. The first-order chi connectivity index (χ1) is 18.6. The second kappa shape index (κ2) is 12.3. The quantitative estimate of drug-likeness (QED) is 0.146. The molecule has 0 saturated carbocycles. The Morgan fingerprint density at radius 1 is 1.15 bits per heavy atom. The van der Waals surface area contributed by atoms with Crippen LogP contribution in [0.4, 0.5) is 5.13 Å². The minimum Gasteiger partial charge on any atom is -0.466 e. The van der Waals surface area contributed by atoms with E-state index in [9.17, 15) is 27.6 Å². The zero-order valence-electron chi connectivity index (χ0n) is 24.5. The van der Waals surface area contributed by atoms with E-state index in [1.54, 1.807) is 27.7 Å². The highest BCUT2D eigenvalue weighted by Crippen LogP contribution is 2.28. The van der Waals surface area contributed by atoms with Gasteiger partial charge in [-0.25, -0.2) is 14.1 Å². The van der Waals surface area contributed by atoms with E-state index in [2.05, 4.69) is 15.5 Å². The predicted octanol–water partition coefficient (Wildman–Crippen LogP) is 1.13. The summed E-state index contributed by atoms with van der Waals surface area (Å²) in [6.45, 7) is 13.2. The van der Waals surface area contributed by atoms with Crippen molar-refractivity contribution in [3.8, 4) is 0 Å². The van der Waals surface area contributed by atoms with Crippen LogP contribution in [0.1, 0.15) is 68.0 Å². The smallest absolute Gasteiger partial charge is 0.365 e. The van der Waals surface area contributed by atoms with Gasteiger partial charge in [0.25, 0.3) is 11.8 Å². The molecule has 2 heterocycles. The highest BCUT2D eigenvalue weighted by molar-refractivity contribution is 7.85. The summed E-state index contributed by atoms with van der Waals surface area (Å²) in [5.74, 6) is -3.34. The van der Waals surface area contributed by atoms with E-state index >= 15 is 0 Å². The fraction of sp³-hybridized carbons (Fsp3) is 0.667. The van der Waals surface area contributed by atoms with Crippen LogP contribution in [-0.4, -0.2) is 83.7 Å². The Hall–Kier alpha value is -3.31. The maximum absolute atomic E-state index is 13.2. The van der Waals surface area contributed by atoms with Crippen LogP contribution in [0.2, 0.25) is 0 Å². The fourth-order valence-electron chi connectivity index (χ4n) is 3.17. The summed E-state index contributed by atoms with van der Waals surface area (Å²) in [5.41, 5.74) is 1.55. The van der Waals surface area contributed by atoms with Crippen LogP contribution in [0.25, 0.3) is 0 Å². The van der Waals surface area contributed by atoms with E-state index in [1.807, 2.05) is 0 Å². The number of nitrogen functional groups attached to an aromatic ring is 1. The first-order valence-electron chi connectivity index (χ1n) is 12.5. The standard InChI is InChI=1S/C24H37N5O10S2/c1-10-36-19(32)23(6,7)12-37-41(34,35)29-13(2)15(18(29)31)27-17(30)16(14-11-40-21(25)26-14)28-39-24(8,9)20(33)38-22(3,4)5/h11,13,15H,10,12H2,1-9H3,(H2,25,26)(H,27,30)/b28-16+/t13-,15-/m0/s1. The predicted molar refractivity (Wildman–Crippen MR) is 148 cm³/mol. The van der Waals surface area contributed by atoms with E-state index in [4.69, 9.17) is 24.2 Å². The monoisotopic (exact) mass is 619 g/mol. The number of oxime groups is 1. The van der Waals surface area contributed by atoms with Gasteiger partial charge in [0, 0.05) is 5.38 Å². The number of hydrogen-bond acceptors (Lipinski definition) is 14. The molecule has 0 bridgehead atoms. The molecule has 1 aromatic heterocycles. The topological polar surface area (TPSA) is 206 Å². The molecule has 0 aromatic carbocycles. The van der Waals surface area contributed by atoms with E-state index < -0.39 is 75.1 Å². The molecule has 0 spiro atoms. The van der Waals surface area contributed by atoms with Crippen LogP contribution in [-0.2, 0) is 48.0 Å². The number of carbonyl (C=O) groups is 4. The fourth-order valence-corrected chi connectivity index (χ4v) is 5.13. The molecular formula is C24H37N5O10S2. The largest absolute Gasteiger partial charge is 0.466 e. The molecule has 3 N–H and O–H groups in total. The van der Waals surface area contributed by atoms with Gasteiger partial charge in [-0.05, 0) is 62.3 Å². The van der Waals surface area contributed by atoms with Crippen LogP contribution < -0.4 is 11.1 Å². The molecule has 2 atom stereocenters. The Labute approximate surface area is 243 Å². The molecule has 41 heavy (non-hydrogen) atoms. The average molecular weight is 620 g/mol. The van der Waals surface area contributed by atoms with Crippen molar-refractivity contribution in [1.82, 2.24) is 14.6 Å². The molecule has 2 amide bonds. The summed E-state index contributed by atoms with van der Waals surface area (Å²) >= 11 is 1.01. The first kappa shape index (κ1) is 33.9. The Morgan fingerprint density at radius 3 is 2.24 bits per heavy atom. The van der Waals surface area contributed by atoms with Crippen LogP contribution in [0.3, 0.4) is 0 Å². The van der Waals surface area contributed by atoms with Gasteiger partial charge in [0.05, 0.1) is 24.7 Å². The van der Waals surface area contributed by atoms with Gasteiger partial charge in [-0.2, -0.15) is 8.42 Å². The third kappa shape index (κ3) is 8.36. The van der Waals surface area contributed by atoms with Crippen molar-refractivity contribution in [2.45, 2.75) is 85.6 Å². The third-order valence-electron chi connectivity index (χ3n) is 5.50. The number of ether oxygens (including phenoxy) is 2. The van der Waals surface area contributed by atoms with Gasteiger partial charge in [-0.3, -0.25) is 18.6 Å². The number of hydrogen-bond donors (Lipinski definition) is 2. The normalized spacial score (nSPS) is 18.4. The molecule has 0 aliphatic carbocycles. The molecule has 0 unspecified atom stereocenters. The van der Waals surface area contributed by atoms with Crippen LogP contribution in [0.15, 0.2) is 10.5 Å². The van der Waals surface area contributed by atoms with Crippen LogP contribution >= 0.6 is 11.3 Å². The van der Waals surface area contributed by atoms with Gasteiger partial charge < -0.3 is 25.4 Å². The number of anilines is 1. The first-order valence-corrected chi connectivity index (χ1v) is 14.8. The van der Waals surface area contributed by atoms with Crippen molar-refractivity contribution < 1.29 is 46.1 Å². The number of rotatable bonds is 12. The van der Waals surface area contributed by atoms with Gasteiger partial charge in [-0.1, -0.05) is 5.16 Å². The van der Waals surface area contributed by atoms with Crippen LogP contribution in [0.5, 0.6) is 0 Å². The molecule has 1 aliphatic rings. The number of aromatic nitrogens is 1. The molecule has 17 heteroatoms. The lowest BCUT2D eigenvalue weighted by Gasteiger charge is -2.43. The van der Waals surface area contributed by atoms with E-state index in [0.717, 1.165) is 11.3 Å². The SMILES string of the molecule is CCOC(=O)C(C)(C)COS(=O)(=O)N1C(=O)[C@@H](NC(=O)/C(=N/OC(C)(C)C(=O)OC(C)(C)C)c2csc(N)n2)[C@@H]1C. The Morgan fingerprint density at radius 2 is 1.76 bits per heavy atom. The number of esters is 2. The van der Waals surface area contributed by atoms with Gasteiger partial charge >= 0.3 is 22.2 Å². The van der Waals surface area contributed by atoms with E-state index in [0.29, 0.717) is 4.31 Å². The van der Waals surface area contributed by atoms with Gasteiger partial charge in [0.2, 0.25) is 5.60 Å². The molecule has 15 nitrogen and oxygen atoms in total. The second-order valence-corrected chi connectivity index (χ2v) is 13.6. The van der Waals surface area contributed by atoms with Gasteiger partial charge in [0.15, 0.2) is 10.8 Å². The highest BCUT2D eigenvalue weighted by Gasteiger charge is 2.53. The van der Waals surface area contributed by atoms with Crippen molar-refractivity contribution in [1.29, 1.82) is 0 Å². The molecule has 230 valence electrons. The molecule has 1 saturated heterocycles. The zero-order chi connectivity index (χ0) is 31.6. The summed E-state index contributed by atoms with van der Waals surface area (Å²) in [4.78, 5) is 60.0. The maximum Gasteiger partial charge on any atom is 0.365 e. The molecular weight excluding hydrogens is 582 g/mol. The van der Waals surface area contributed by atoms with Crippen molar-refractivity contribution in [2.24, 2.45) is 10.6 Å². The summed E-state index contributed by atoms with van der Waals surface area (Å²) in [7, 11) is -4.60. The van der Waals surface area contributed by atoms with Gasteiger partial charge in [0.1, 0.15) is 17.3 Å². The number of nitrogens with one attached hydrogen (secondary N) is 1. The number of β-lactam (4-membered cyclic amide) rings is 1. The van der Waals surface area contributed by atoms with Gasteiger partial charge in [-0.15, -0.1) is 11.3 Å². The Balaban J connectivity index is 2.19. The zero-order valence-corrected chi connectivity index (χ0v) is 26.1. The molecule has 0 radical (unpaired) electrons. The summed E-state index contributed by atoms with van der Waals surface area (Å²) < 4.78 is 41.1. The minimum absolute atomic E-state index is 0.00146. The van der Waals surface area contributed by atoms with Crippen molar-refractivity contribution in [3.63, 3.8) is 0 Å². The summed E-state index contributed by atoms with van der Waals surface area (Å²) in [6, 6.07) is -2.33. The molecule has 1 fully saturated rings. The highest BCUT2D eigenvalue weighted by atomic mass is 32.2. The van der Waals surface area contributed by atoms with E-state index in [1.165, 1.54) is 40.0 Å². The molecule has 2 rings (SSSR count). The number of amides is 2. The molecule has 1 aliphatic heterocycles. The lowest BCUT2D eigenvalue weighted by molar-refractivity contribution is -0.179. The Kier molecular flexibility index (Phi) is 10.2. The summed E-state index contributed by atoms with van der Waals surface area (Å²) in [5, 5.41) is 7.76. The number of carbonyl (C=O) groups excluding carboxylic acids is 4. The lowest BCUT2D eigenvalue weighted by atomic mass is 9.95. The van der Waals surface area contributed by atoms with Crippen molar-refractivity contribution in [3.05, 3.63) is 11.1 Å².